The minimum absolute atomic E-state index is 0.0397. The molecular formula is C13H17BrN2O. The summed E-state index contributed by atoms with van der Waals surface area (Å²) in [7, 11) is 0. The molecule has 4 heteroatoms. The maximum absolute atomic E-state index is 12.0. The van der Waals surface area contributed by atoms with Crippen LogP contribution < -0.4 is 10.6 Å². The Balaban J connectivity index is 2.04. The van der Waals surface area contributed by atoms with Gasteiger partial charge in [-0.25, -0.2) is 0 Å². The Labute approximate surface area is 110 Å². The number of hydrogen-bond donors (Lipinski definition) is 2. The standard InChI is InChI=1S/C13H17BrN2O/c1-9-10(14)5-4-7-11(9)16-13(17)12-6-2-3-8-15-12/h4-5,7,12,15H,2-3,6,8H2,1H3,(H,16,17)/t12-/m0/s1. The molecule has 0 spiro atoms. The number of halogens is 1. The first-order chi connectivity index (χ1) is 8.18. The van der Waals surface area contributed by atoms with Crippen molar-refractivity contribution in [3.63, 3.8) is 0 Å². The third-order valence-electron chi connectivity index (χ3n) is 3.15. The summed E-state index contributed by atoms with van der Waals surface area (Å²) in [5.74, 6) is 0.0749. The molecule has 1 aromatic carbocycles. The van der Waals surface area contributed by atoms with Crippen LogP contribution in [0.1, 0.15) is 24.8 Å². The molecule has 2 N–H and O–H groups in total. The van der Waals surface area contributed by atoms with Crippen LogP contribution in [-0.2, 0) is 4.79 Å². The van der Waals surface area contributed by atoms with Gasteiger partial charge in [-0.05, 0) is 44.0 Å². The van der Waals surface area contributed by atoms with Gasteiger partial charge in [-0.2, -0.15) is 0 Å². The number of rotatable bonds is 2. The lowest BCUT2D eigenvalue weighted by Crippen LogP contribution is -2.43. The second kappa shape index (κ2) is 5.65. The summed E-state index contributed by atoms with van der Waals surface area (Å²) in [6.07, 6.45) is 3.22. The molecule has 0 aromatic heterocycles. The normalized spacial score (nSPS) is 20.0. The van der Waals surface area contributed by atoms with Crippen LogP contribution in [0.5, 0.6) is 0 Å². The average molecular weight is 297 g/mol. The number of anilines is 1. The van der Waals surface area contributed by atoms with Gasteiger partial charge in [0.05, 0.1) is 6.04 Å². The monoisotopic (exact) mass is 296 g/mol. The molecule has 92 valence electrons. The van der Waals surface area contributed by atoms with Crippen LogP contribution in [0.2, 0.25) is 0 Å². The molecule has 0 saturated carbocycles. The van der Waals surface area contributed by atoms with Gasteiger partial charge in [0.15, 0.2) is 0 Å². The van der Waals surface area contributed by atoms with E-state index < -0.39 is 0 Å². The fourth-order valence-corrected chi connectivity index (χ4v) is 2.40. The van der Waals surface area contributed by atoms with Crippen molar-refractivity contribution in [1.82, 2.24) is 5.32 Å². The van der Waals surface area contributed by atoms with Crippen molar-refractivity contribution in [3.8, 4) is 0 Å². The summed E-state index contributed by atoms with van der Waals surface area (Å²) < 4.78 is 1.02. The molecule has 17 heavy (non-hydrogen) atoms. The lowest BCUT2D eigenvalue weighted by Gasteiger charge is -2.23. The number of benzene rings is 1. The van der Waals surface area contributed by atoms with Crippen molar-refractivity contribution >= 4 is 27.5 Å². The fraction of sp³-hybridized carbons (Fsp3) is 0.462. The van der Waals surface area contributed by atoms with Gasteiger partial charge in [-0.3, -0.25) is 4.79 Å². The summed E-state index contributed by atoms with van der Waals surface area (Å²) in [5.41, 5.74) is 1.95. The van der Waals surface area contributed by atoms with E-state index in [2.05, 4.69) is 26.6 Å². The van der Waals surface area contributed by atoms with Crippen molar-refractivity contribution in [2.24, 2.45) is 0 Å². The van der Waals surface area contributed by atoms with E-state index in [1.54, 1.807) is 0 Å². The van der Waals surface area contributed by atoms with Crippen LogP contribution in [0.25, 0.3) is 0 Å². The Morgan fingerprint density at radius 1 is 1.47 bits per heavy atom. The molecule has 1 fully saturated rings. The summed E-state index contributed by atoms with van der Waals surface area (Å²) >= 11 is 3.47. The highest BCUT2D eigenvalue weighted by molar-refractivity contribution is 9.10. The van der Waals surface area contributed by atoms with E-state index in [0.717, 1.165) is 35.1 Å². The Kier molecular flexibility index (Phi) is 4.18. The van der Waals surface area contributed by atoms with E-state index in [4.69, 9.17) is 0 Å². The zero-order chi connectivity index (χ0) is 12.3. The van der Waals surface area contributed by atoms with Crippen molar-refractivity contribution in [3.05, 3.63) is 28.2 Å². The van der Waals surface area contributed by atoms with E-state index in [-0.39, 0.29) is 11.9 Å². The highest BCUT2D eigenvalue weighted by Crippen LogP contribution is 2.23. The minimum Gasteiger partial charge on any atom is -0.324 e. The molecule has 1 aliphatic rings. The molecule has 0 bridgehead atoms. The van der Waals surface area contributed by atoms with Crippen LogP contribution in [0.15, 0.2) is 22.7 Å². The Morgan fingerprint density at radius 2 is 2.29 bits per heavy atom. The van der Waals surface area contributed by atoms with E-state index in [1.165, 1.54) is 6.42 Å². The van der Waals surface area contributed by atoms with Crippen LogP contribution in [0.3, 0.4) is 0 Å². The van der Waals surface area contributed by atoms with Crippen LogP contribution in [0, 0.1) is 6.92 Å². The summed E-state index contributed by atoms with van der Waals surface area (Å²) in [5, 5.41) is 6.24. The van der Waals surface area contributed by atoms with Gasteiger partial charge >= 0.3 is 0 Å². The largest absolute Gasteiger partial charge is 0.324 e. The molecule has 0 unspecified atom stereocenters. The van der Waals surface area contributed by atoms with Gasteiger partial charge in [0.1, 0.15) is 0 Å². The number of hydrogen-bond acceptors (Lipinski definition) is 2. The lowest BCUT2D eigenvalue weighted by molar-refractivity contribution is -0.118. The molecule has 1 aromatic rings. The van der Waals surface area contributed by atoms with E-state index in [1.807, 2.05) is 25.1 Å². The lowest BCUT2D eigenvalue weighted by atomic mass is 10.0. The molecular weight excluding hydrogens is 280 g/mol. The molecule has 2 rings (SSSR count). The Hall–Kier alpha value is -0.870. The average Bonchev–Trinajstić information content (AvgIpc) is 2.36. The van der Waals surface area contributed by atoms with E-state index in [9.17, 15) is 4.79 Å². The number of carbonyl (C=O) groups excluding carboxylic acids is 1. The van der Waals surface area contributed by atoms with Crippen molar-refractivity contribution < 1.29 is 4.79 Å². The van der Waals surface area contributed by atoms with Gasteiger partial charge in [0, 0.05) is 10.2 Å². The Bertz CT molecular complexity index is 414. The second-order valence-electron chi connectivity index (χ2n) is 4.40. The molecule has 3 nitrogen and oxygen atoms in total. The number of piperidine rings is 1. The maximum Gasteiger partial charge on any atom is 0.241 e. The topological polar surface area (TPSA) is 41.1 Å². The Morgan fingerprint density at radius 3 is 3.00 bits per heavy atom. The summed E-state index contributed by atoms with van der Waals surface area (Å²) in [4.78, 5) is 12.0. The van der Waals surface area contributed by atoms with Gasteiger partial charge in [-0.1, -0.05) is 28.4 Å². The van der Waals surface area contributed by atoms with E-state index in [0.29, 0.717) is 0 Å². The molecule has 1 heterocycles. The fourth-order valence-electron chi connectivity index (χ4n) is 2.04. The second-order valence-corrected chi connectivity index (χ2v) is 5.26. The van der Waals surface area contributed by atoms with Crippen LogP contribution in [-0.4, -0.2) is 18.5 Å². The van der Waals surface area contributed by atoms with Crippen molar-refractivity contribution in [2.75, 3.05) is 11.9 Å². The third-order valence-corrected chi connectivity index (χ3v) is 4.01. The first-order valence-corrected chi connectivity index (χ1v) is 6.77. The zero-order valence-electron chi connectivity index (χ0n) is 9.92. The number of carbonyl (C=O) groups is 1. The van der Waals surface area contributed by atoms with Gasteiger partial charge in [0.2, 0.25) is 5.91 Å². The minimum atomic E-state index is -0.0397. The summed E-state index contributed by atoms with van der Waals surface area (Å²) in [6, 6.07) is 5.80. The predicted molar refractivity (Wildman–Crippen MR) is 73.2 cm³/mol. The van der Waals surface area contributed by atoms with Gasteiger partial charge < -0.3 is 10.6 Å². The number of amides is 1. The third kappa shape index (κ3) is 3.07. The molecule has 0 aliphatic carbocycles. The highest BCUT2D eigenvalue weighted by atomic mass is 79.9. The molecule has 0 radical (unpaired) electrons. The summed E-state index contributed by atoms with van der Waals surface area (Å²) in [6.45, 7) is 2.93. The molecule has 1 atom stereocenters. The predicted octanol–water partition coefficient (Wildman–Crippen LogP) is 2.84. The molecule has 1 aliphatic heterocycles. The smallest absolute Gasteiger partial charge is 0.241 e. The number of nitrogens with one attached hydrogen (secondary N) is 2. The zero-order valence-corrected chi connectivity index (χ0v) is 11.5. The molecule has 1 saturated heterocycles. The maximum atomic E-state index is 12.0. The van der Waals surface area contributed by atoms with Crippen molar-refractivity contribution in [2.45, 2.75) is 32.2 Å². The first-order valence-electron chi connectivity index (χ1n) is 5.98. The van der Waals surface area contributed by atoms with Crippen LogP contribution >= 0.6 is 15.9 Å². The highest BCUT2D eigenvalue weighted by Gasteiger charge is 2.20. The van der Waals surface area contributed by atoms with Gasteiger partial charge in [0.25, 0.3) is 0 Å². The van der Waals surface area contributed by atoms with Crippen molar-refractivity contribution in [1.29, 1.82) is 0 Å². The quantitative estimate of drug-likeness (QED) is 0.881. The SMILES string of the molecule is Cc1c(Br)cccc1NC(=O)[C@@H]1CCCCN1. The van der Waals surface area contributed by atoms with Gasteiger partial charge in [-0.15, -0.1) is 0 Å². The molecule has 1 amide bonds. The van der Waals surface area contributed by atoms with Crippen LogP contribution in [0.4, 0.5) is 5.69 Å². The first kappa shape index (κ1) is 12.6. The van der Waals surface area contributed by atoms with E-state index >= 15 is 0 Å².